The lowest BCUT2D eigenvalue weighted by Crippen LogP contribution is -2.24. The standard InChI is InChI=1S/C19H12Cl2N2O5/c20-11-6-5-8(7-12(11)21)9-3-1-2-4-10(9)13-14(18(25)26)16(22)23-17(24)15(13)19(27)28/h1-7H,(H,25,26)(H,27,28)(H3,22,23,24). The number of pyridine rings is 1. The maximum atomic E-state index is 12.2. The molecule has 0 aliphatic rings. The molecule has 0 aliphatic carbocycles. The summed E-state index contributed by atoms with van der Waals surface area (Å²) in [5, 5.41) is 19.7. The molecule has 0 bridgehead atoms. The van der Waals surface area contributed by atoms with Crippen LogP contribution in [0, 0.1) is 0 Å². The molecule has 2 aromatic carbocycles. The molecule has 1 aromatic heterocycles. The van der Waals surface area contributed by atoms with Crippen molar-refractivity contribution in [2.24, 2.45) is 0 Å². The molecule has 0 unspecified atom stereocenters. The highest BCUT2D eigenvalue weighted by Crippen LogP contribution is 2.38. The molecule has 0 saturated heterocycles. The van der Waals surface area contributed by atoms with E-state index in [9.17, 15) is 24.6 Å². The van der Waals surface area contributed by atoms with Crippen molar-refractivity contribution in [2.45, 2.75) is 0 Å². The minimum atomic E-state index is -1.58. The lowest BCUT2D eigenvalue weighted by Gasteiger charge is -2.16. The maximum absolute atomic E-state index is 12.2. The normalized spacial score (nSPS) is 10.6. The Labute approximate surface area is 168 Å². The number of rotatable bonds is 4. The molecule has 0 atom stereocenters. The number of aromatic nitrogens is 1. The Morgan fingerprint density at radius 1 is 0.893 bits per heavy atom. The summed E-state index contributed by atoms with van der Waals surface area (Å²) in [5.74, 6) is -3.50. The van der Waals surface area contributed by atoms with Crippen LogP contribution in [0.15, 0.2) is 47.3 Å². The molecule has 7 nitrogen and oxygen atoms in total. The molecule has 3 aromatic rings. The smallest absolute Gasteiger partial charge is 0.342 e. The van der Waals surface area contributed by atoms with E-state index in [1.807, 2.05) is 0 Å². The van der Waals surface area contributed by atoms with Gasteiger partial charge in [-0.05, 0) is 28.8 Å². The number of nitrogens with two attached hydrogens (primary N) is 1. The molecule has 0 spiro atoms. The van der Waals surface area contributed by atoms with Gasteiger partial charge in [-0.3, -0.25) is 4.79 Å². The van der Waals surface area contributed by atoms with Crippen molar-refractivity contribution in [3.8, 4) is 22.3 Å². The number of aromatic amines is 1. The Kier molecular flexibility index (Phi) is 5.13. The molecule has 3 rings (SSSR count). The number of hydrogen-bond donors (Lipinski definition) is 4. The summed E-state index contributed by atoms with van der Waals surface area (Å²) in [6.07, 6.45) is 0. The van der Waals surface area contributed by atoms with Gasteiger partial charge < -0.3 is 20.9 Å². The highest BCUT2D eigenvalue weighted by Gasteiger charge is 2.28. The summed E-state index contributed by atoms with van der Waals surface area (Å²) in [6, 6.07) is 11.2. The highest BCUT2D eigenvalue weighted by molar-refractivity contribution is 6.42. The molecule has 142 valence electrons. The topological polar surface area (TPSA) is 133 Å². The van der Waals surface area contributed by atoms with Crippen molar-refractivity contribution in [1.29, 1.82) is 0 Å². The van der Waals surface area contributed by atoms with Crippen LogP contribution in [-0.4, -0.2) is 27.1 Å². The first-order valence-electron chi connectivity index (χ1n) is 7.79. The zero-order valence-corrected chi connectivity index (χ0v) is 15.5. The Morgan fingerprint density at radius 3 is 2.07 bits per heavy atom. The molecule has 5 N–H and O–H groups in total. The van der Waals surface area contributed by atoms with Gasteiger partial charge in [0.25, 0.3) is 5.56 Å². The fourth-order valence-electron chi connectivity index (χ4n) is 2.93. The first-order chi connectivity index (χ1) is 13.2. The number of nitrogen functional groups attached to an aromatic ring is 1. The van der Waals surface area contributed by atoms with E-state index in [1.54, 1.807) is 36.4 Å². The lowest BCUT2D eigenvalue weighted by molar-refractivity contribution is 0.0695. The zero-order chi connectivity index (χ0) is 20.6. The minimum absolute atomic E-state index is 0.202. The minimum Gasteiger partial charge on any atom is -0.478 e. The quantitative estimate of drug-likeness (QED) is 0.505. The number of carbonyl (C=O) groups is 2. The van der Waals surface area contributed by atoms with Crippen LogP contribution in [0.25, 0.3) is 22.3 Å². The number of carboxylic acids is 2. The first kappa shape index (κ1) is 19.5. The Balaban J connectivity index is 2.46. The molecular weight excluding hydrogens is 407 g/mol. The number of halogens is 2. The van der Waals surface area contributed by atoms with Crippen LogP contribution in [0.1, 0.15) is 20.7 Å². The Morgan fingerprint density at radius 2 is 1.50 bits per heavy atom. The van der Waals surface area contributed by atoms with E-state index in [0.717, 1.165) is 0 Å². The van der Waals surface area contributed by atoms with Crippen LogP contribution in [0.3, 0.4) is 0 Å². The Hall–Kier alpha value is -3.29. The van der Waals surface area contributed by atoms with Crippen LogP contribution in [-0.2, 0) is 0 Å². The van der Waals surface area contributed by atoms with Crippen molar-refractivity contribution in [2.75, 3.05) is 5.73 Å². The van der Waals surface area contributed by atoms with E-state index in [-0.39, 0.29) is 16.1 Å². The summed E-state index contributed by atoms with van der Waals surface area (Å²) < 4.78 is 0. The van der Waals surface area contributed by atoms with Crippen molar-refractivity contribution >= 4 is 41.0 Å². The number of nitrogens with one attached hydrogen (secondary N) is 1. The monoisotopic (exact) mass is 418 g/mol. The molecule has 0 radical (unpaired) electrons. The molecule has 0 aliphatic heterocycles. The Bertz CT molecular complexity index is 1190. The number of hydrogen-bond acceptors (Lipinski definition) is 4. The van der Waals surface area contributed by atoms with Gasteiger partial charge in [-0.15, -0.1) is 0 Å². The lowest BCUT2D eigenvalue weighted by atomic mass is 9.89. The van der Waals surface area contributed by atoms with Gasteiger partial charge in [-0.25, -0.2) is 9.59 Å². The van der Waals surface area contributed by atoms with Gasteiger partial charge in [-0.2, -0.15) is 0 Å². The molecule has 1 heterocycles. The van der Waals surface area contributed by atoms with Crippen molar-refractivity contribution in [1.82, 2.24) is 4.98 Å². The average molecular weight is 419 g/mol. The number of benzene rings is 2. The van der Waals surface area contributed by atoms with Crippen molar-refractivity contribution in [3.05, 3.63) is 74.0 Å². The third-order valence-corrected chi connectivity index (χ3v) is 4.84. The molecule has 0 amide bonds. The highest BCUT2D eigenvalue weighted by atomic mass is 35.5. The molecule has 0 saturated carbocycles. The van der Waals surface area contributed by atoms with E-state index in [0.29, 0.717) is 16.1 Å². The van der Waals surface area contributed by atoms with Crippen LogP contribution in [0.5, 0.6) is 0 Å². The average Bonchev–Trinajstić information content (AvgIpc) is 2.62. The second-order valence-electron chi connectivity index (χ2n) is 5.78. The summed E-state index contributed by atoms with van der Waals surface area (Å²) in [4.78, 5) is 37.9. The van der Waals surface area contributed by atoms with Crippen LogP contribution in [0.2, 0.25) is 10.0 Å². The van der Waals surface area contributed by atoms with Gasteiger partial charge in [0, 0.05) is 5.56 Å². The summed E-state index contributed by atoms with van der Waals surface area (Å²) in [7, 11) is 0. The predicted octanol–water partition coefficient (Wildman–Crippen LogP) is 3.99. The van der Waals surface area contributed by atoms with Gasteiger partial charge in [0.2, 0.25) is 0 Å². The fraction of sp³-hybridized carbons (Fsp3) is 0. The molecule has 0 fully saturated rings. The molecular formula is C19H12Cl2N2O5. The SMILES string of the molecule is Nc1[nH]c(=O)c(C(=O)O)c(-c2ccccc2-c2ccc(Cl)c(Cl)c2)c1C(=O)O. The van der Waals surface area contributed by atoms with Crippen LogP contribution >= 0.6 is 23.2 Å². The second-order valence-corrected chi connectivity index (χ2v) is 6.59. The molecule has 28 heavy (non-hydrogen) atoms. The van der Waals surface area contributed by atoms with Gasteiger partial charge >= 0.3 is 11.9 Å². The van der Waals surface area contributed by atoms with E-state index in [1.165, 1.54) is 6.07 Å². The number of anilines is 1. The summed E-state index contributed by atoms with van der Waals surface area (Å²) >= 11 is 12.0. The van der Waals surface area contributed by atoms with E-state index >= 15 is 0 Å². The maximum Gasteiger partial charge on any atom is 0.342 e. The number of aromatic carboxylic acids is 2. The van der Waals surface area contributed by atoms with Gasteiger partial charge in [0.05, 0.1) is 10.0 Å². The zero-order valence-electron chi connectivity index (χ0n) is 14.0. The first-order valence-corrected chi connectivity index (χ1v) is 8.55. The largest absolute Gasteiger partial charge is 0.478 e. The fourth-order valence-corrected chi connectivity index (χ4v) is 3.23. The number of carboxylic acid groups (broad SMARTS) is 2. The van der Waals surface area contributed by atoms with Crippen molar-refractivity contribution < 1.29 is 19.8 Å². The number of H-pyrrole nitrogens is 1. The van der Waals surface area contributed by atoms with Gasteiger partial charge in [0.15, 0.2) is 0 Å². The van der Waals surface area contributed by atoms with Crippen molar-refractivity contribution in [3.63, 3.8) is 0 Å². The molecule has 9 heteroatoms. The van der Waals surface area contributed by atoms with E-state index in [2.05, 4.69) is 4.98 Å². The summed E-state index contributed by atoms with van der Waals surface area (Å²) in [6.45, 7) is 0. The van der Waals surface area contributed by atoms with Crippen LogP contribution < -0.4 is 11.3 Å². The van der Waals surface area contributed by atoms with Gasteiger partial charge in [-0.1, -0.05) is 53.5 Å². The third-order valence-electron chi connectivity index (χ3n) is 4.10. The van der Waals surface area contributed by atoms with E-state index in [4.69, 9.17) is 28.9 Å². The van der Waals surface area contributed by atoms with Gasteiger partial charge in [0.1, 0.15) is 16.9 Å². The second kappa shape index (κ2) is 7.38. The van der Waals surface area contributed by atoms with Crippen LogP contribution in [0.4, 0.5) is 5.82 Å². The van der Waals surface area contributed by atoms with E-state index < -0.39 is 34.4 Å². The summed E-state index contributed by atoms with van der Waals surface area (Å²) in [5.41, 5.74) is 4.38. The predicted molar refractivity (Wildman–Crippen MR) is 106 cm³/mol. The third kappa shape index (κ3) is 3.33.